The molecule has 15 heavy (non-hydrogen) atoms. The van der Waals surface area contributed by atoms with Crippen molar-refractivity contribution in [3.05, 3.63) is 42.5 Å². The van der Waals surface area contributed by atoms with Crippen LogP contribution in [-0.4, -0.2) is 25.9 Å². The van der Waals surface area contributed by atoms with E-state index in [1.54, 1.807) is 12.1 Å². The maximum absolute atomic E-state index is 11.6. The van der Waals surface area contributed by atoms with Crippen LogP contribution in [0, 0.1) is 0 Å². The van der Waals surface area contributed by atoms with Gasteiger partial charge in [-0.3, -0.25) is 4.79 Å². The fourth-order valence-electron chi connectivity index (χ4n) is 1.10. The van der Waals surface area contributed by atoms with E-state index in [0.717, 1.165) is 4.79 Å². The van der Waals surface area contributed by atoms with Crippen molar-refractivity contribution in [2.45, 2.75) is 0 Å². The number of carbonyl (C=O) groups is 1. The summed E-state index contributed by atoms with van der Waals surface area (Å²) in [6, 6.07) is 6.26. The third-order valence-electron chi connectivity index (χ3n) is 1.78. The lowest BCUT2D eigenvalue weighted by molar-refractivity contribution is 0.100. The molecule has 76 valence electrons. The molecule has 0 saturated carbocycles. The van der Waals surface area contributed by atoms with E-state index < -0.39 is 5.91 Å². The maximum Gasteiger partial charge on any atom is 0.275 e. The zero-order valence-electron chi connectivity index (χ0n) is 7.66. The highest BCUT2D eigenvalue weighted by Gasteiger charge is 2.09. The van der Waals surface area contributed by atoms with E-state index in [1.807, 2.05) is 0 Å². The summed E-state index contributed by atoms with van der Waals surface area (Å²) in [4.78, 5) is 16.4. The van der Waals surface area contributed by atoms with Crippen LogP contribution in [0.5, 0.6) is 5.75 Å². The normalized spacial score (nSPS) is 9.87. The van der Waals surface area contributed by atoms with Crippen molar-refractivity contribution in [3.8, 4) is 5.75 Å². The van der Waals surface area contributed by atoms with Gasteiger partial charge in [-0.1, -0.05) is 12.1 Å². The SMILES string of the molecule is O=C(Nn1cncn1)c1ccccc1O. The number of amides is 1. The molecule has 1 heterocycles. The van der Waals surface area contributed by atoms with Gasteiger partial charge in [0.1, 0.15) is 18.4 Å². The Morgan fingerprint density at radius 1 is 1.40 bits per heavy atom. The smallest absolute Gasteiger partial charge is 0.275 e. The third kappa shape index (κ3) is 1.93. The number of phenols is 1. The number of carbonyl (C=O) groups excluding carboxylic acids is 1. The van der Waals surface area contributed by atoms with Crippen molar-refractivity contribution in [1.82, 2.24) is 14.9 Å². The van der Waals surface area contributed by atoms with E-state index in [0.29, 0.717) is 0 Å². The Hall–Kier alpha value is -2.37. The Morgan fingerprint density at radius 2 is 2.20 bits per heavy atom. The van der Waals surface area contributed by atoms with Crippen LogP contribution < -0.4 is 5.43 Å². The maximum atomic E-state index is 11.6. The molecule has 0 unspecified atom stereocenters. The monoisotopic (exact) mass is 204 g/mol. The molecule has 6 heteroatoms. The Labute approximate surface area is 85.2 Å². The number of rotatable bonds is 2. The zero-order valence-corrected chi connectivity index (χ0v) is 7.66. The second-order valence-electron chi connectivity index (χ2n) is 2.80. The molecule has 1 aromatic carbocycles. The van der Waals surface area contributed by atoms with Crippen LogP contribution >= 0.6 is 0 Å². The van der Waals surface area contributed by atoms with Crippen molar-refractivity contribution in [3.63, 3.8) is 0 Å². The Bertz CT molecular complexity index is 467. The first-order chi connectivity index (χ1) is 7.27. The topological polar surface area (TPSA) is 80.0 Å². The fourth-order valence-corrected chi connectivity index (χ4v) is 1.10. The van der Waals surface area contributed by atoms with Gasteiger partial charge in [0, 0.05) is 0 Å². The van der Waals surface area contributed by atoms with Crippen LogP contribution in [0.2, 0.25) is 0 Å². The number of benzene rings is 1. The van der Waals surface area contributed by atoms with Gasteiger partial charge < -0.3 is 5.11 Å². The Morgan fingerprint density at radius 3 is 2.87 bits per heavy atom. The number of hydrogen-bond donors (Lipinski definition) is 2. The van der Waals surface area contributed by atoms with Crippen molar-refractivity contribution < 1.29 is 9.90 Å². The molecular weight excluding hydrogens is 196 g/mol. The standard InChI is InChI=1S/C9H8N4O2/c14-8-4-2-1-3-7(8)9(15)12-13-6-10-5-11-13/h1-6,14H,(H,12,15). The van der Waals surface area contributed by atoms with Gasteiger partial charge in [-0.25, -0.2) is 10.4 Å². The van der Waals surface area contributed by atoms with Gasteiger partial charge in [-0.15, -0.1) is 5.10 Å². The molecule has 2 aromatic rings. The first-order valence-electron chi connectivity index (χ1n) is 4.21. The molecule has 0 aliphatic carbocycles. The predicted octanol–water partition coefficient (Wildman–Crippen LogP) is 0.368. The molecule has 0 radical (unpaired) electrons. The molecule has 2 rings (SSSR count). The number of nitrogens with one attached hydrogen (secondary N) is 1. The summed E-state index contributed by atoms with van der Waals surface area (Å²) in [7, 11) is 0. The van der Waals surface area contributed by atoms with Crippen LogP contribution in [-0.2, 0) is 0 Å². The Balaban J connectivity index is 2.19. The van der Waals surface area contributed by atoms with Crippen molar-refractivity contribution >= 4 is 5.91 Å². The lowest BCUT2D eigenvalue weighted by Gasteiger charge is -2.04. The minimum Gasteiger partial charge on any atom is -0.507 e. The summed E-state index contributed by atoms with van der Waals surface area (Å²) >= 11 is 0. The highest BCUT2D eigenvalue weighted by Crippen LogP contribution is 2.15. The molecule has 1 amide bonds. The van der Waals surface area contributed by atoms with E-state index in [4.69, 9.17) is 0 Å². The summed E-state index contributed by atoms with van der Waals surface area (Å²) in [5.74, 6) is -0.520. The average Bonchev–Trinajstić information content (AvgIpc) is 2.71. The number of aromatic nitrogens is 3. The second kappa shape index (κ2) is 3.79. The van der Waals surface area contributed by atoms with E-state index in [-0.39, 0.29) is 11.3 Å². The number of phenolic OH excluding ortho intramolecular Hbond substituents is 1. The van der Waals surface area contributed by atoms with E-state index >= 15 is 0 Å². The van der Waals surface area contributed by atoms with Crippen LogP contribution in [0.4, 0.5) is 0 Å². The number of aromatic hydroxyl groups is 1. The molecule has 0 spiro atoms. The first kappa shape index (κ1) is 9.20. The van der Waals surface area contributed by atoms with Crippen LogP contribution in [0.15, 0.2) is 36.9 Å². The van der Waals surface area contributed by atoms with Crippen LogP contribution in [0.25, 0.3) is 0 Å². The average molecular weight is 204 g/mol. The molecule has 6 nitrogen and oxygen atoms in total. The number of hydrogen-bond acceptors (Lipinski definition) is 4. The molecule has 0 fully saturated rings. The molecule has 2 N–H and O–H groups in total. The lowest BCUT2D eigenvalue weighted by Crippen LogP contribution is -2.23. The van der Waals surface area contributed by atoms with E-state index in [2.05, 4.69) is 15.5 Å². The molecule has 0 bridgehead atoms. The minimum atomic E-state index is -0.446. The highest BCUT2D eigenvalue weighted by molar-refractivity contribution is 6.01. The van der Waals surface area contributed by atoms with Gasteiger partial charge in [0.2, 0.25) is 0 Å². The highest BCUT2D eigenvalue weighted by atomic mass is 16.3. The first-order valence-corrected chi connectivity index (χ1v) is 4.21. The molecule has 0 saturated heterocycles. The predicted molar refractivity (Wildman–Crippen MR) is 51.8 cm³/mol. The van der Waals surface area contributed by atoms with Gasteiger partial charge >= 0.3 is 0 Å². The molecule has 0 aliphatic heterocycles. The number of nitrogens with zero attached hydrogens (tertiary/aromatic N) is 3. The van der Waals surface area contributed by atoms with Gasteiger partial charge in [0.15, 0.2) is 0 Å². The van der Waals surface area contributed by atoms with Gasteiger partial charge in [-0.05, 0) is 12.1 Å². The van der Waals surface area contributed by atoms with E-state index in [9.17, 15) is 9.90 Å². The van der Waals surface area contributed by atoms with E-state index in [1.165, 1.54) is 24.8 Å². The van der Waals surface area contributed by atoms with Gasteiger partial charge in [0.25, 0.3) is 5.91 Å². The minimum absolute atomic E-state index is 0.0740. The largest absolute Gasteiger partial charge is 0.507 e. The quantitative estimate of drug-likeness (QED) is 0.740. The summed E-state index contributed by atoms with van der Waals surface area (Å²) < 4.78 is 0. The zero-order chi connectivity index (χ0) is 10.7. The Kier molecular flexibility index (Phi) is 2.32. The molecular formula is C9H8N4O2. The third-order valence-corrected chi connectivity index (χ3v) is 1.78. The van der Waals surface area contributed by atoms with Gasteiger partial charge in [0.05, 0.1) is 5.56 Å². The summed E-state index contributed by atoms with van der Waals surface area (Å²) in [6.07, 6.45) is 2.64. The fraction of sp³-hybridized carbons (Fsp3) is 0. The lowest BCUT2D eigenvalue weighted by atomic mass is 10.2. The van der Waals surface area contributed by atoms with Crippen molar-refractivity contribution in [2.75, 3.05) is 5.43 Å². The second-order valence-corrected chi connectivity index (χ2v) is 2.80. The van der Waals surface area contributed by atoms with Gasteiger partial charge in [-0.2, -0.15) is 4.79 Å². The van der Waals surface area contributed by atoms with Crippen molar-refractivity contribution in [2.24, 2.45) is 0 Å². The molecule has 1 aromatic heterocycles. The van der Waals surface area contributed by atoms with Crippen LogP contribution in [0.3, 0.4) is 0 Å². The number of para-hydroxylation sites is 1. The van der Waals surface area contributed by atoms with Crippen molar-refractivity contribution in [1.29, 1.82) is 0 Å². The summed E-state index contributed by atoms with van der Waals surface area (Å²) in [5, 5.41) is 13.1. The molecule has 0 aliphatic rings. The summed E-state index contributed by atoms with van der Waals surface area (Å²) in [6.45, 7) is 0. The summed E-state index contributed by atoms with van der Waals surface area (Å²) in [5.41, 5.74) is 2.61. The van der Waals surface area contributed by atoms with Crippen LogP contribution in [0.1, 0.15) is 10.4 Å². The molecule has 0 atom stereocenters.